The quantitative estimate of drug-likeness (QED) is 0.224. The fraction of sp³-hybridized carbons (Fsp3) is 0.588. The molecule has 3 aliphatic rings. The van der Waals surface area contributed by atoms with Crippen LogP contribution in [0.1, 0.15) is 51.4 Å². The summed E-state index contributed by atoms with van der Waals surface area (Å²) < 4.78 is 61.5. The first-order valence-electron chi connectivity index (χ1n) is 16.0. The lowest BCUT2D eigenvalue weighted by molar-refractivity contribution is -0.344. The Hall–Kier alpha value is -4.90. The summed E-state index contributed by atoms with van der Waals surface area (Å²) in [6, 6.07) is 4.35. The molecule has 1 aliphatic carbocycles. The van der Waals surface area contributed by atoms with Gasteiger partial charge in [-0.05, 0) is 24.6 Å². The van der Waals surface area contributed by atoms with Gasteiger partial charge in [0, 0.05) is 45.4 Å². The number of methoxy groups -OCH3 is 3. The number of rotatable bonds is 12. The predicted octanol–water partition coefficient (Wildman–Crippen LogP) is 2.01. The van der Waals surface area contributed by atoms with E-state index in [1.54, 1.807) is 6.92 Å². The number of carbonyl (C=O) groups is 6. The standard InChI is InChI=1S/C34H42O17/c1-15-24(46-16(2)35)12-21-22(32(40)43-8)13-45-33(27(15)21)51-34-30(49-19(5)38)29(48-18(4)37)28(47-17(3)36)26(50-34)14-44-31(39)20-9-10-23(41-6)25(11-20)42-7/h9-11,13,15,21,24,26-30,33-34H,12,14H2,1-8H3/t15-,21+,24-,26+,27+,28+,29-,30+,33-,34-/m0/s1. The monoisotopic (exact) mass is 722 g/mol. The summed E-state index contributed by atoms with van der Waals surface area (Å²) in [7, 11) is 4.05. The van der Waals surface area contributed by atoms with E-state index in [4.69, 9.17) is 52.1 Å². The summed E-state index contributed by atoms with van der Waals surface area (Å²) in [6.45, 7) is 5.78. The van der Waals surface area contributed by atoms with E-state index in [1.165, 1.54) is 52.7 Å². The Morgan fingerprint density at radius 2 is 1.35 bits per heavy atom. The highest BCUT2D eigenvalue weighted by atomic mass is 16.8. The van der Waals surface area contributed by atoms with Crippen molar-refractivity contribution >= 4 is 35.8 Å². The minimum Gasteiger partial charge on any atom is -0.493 e. The van der Waals surface area contributed by atoms with Crippen molar-refractivity contribution in [2.24, 2.45) is 17.8 Å². The molecule has 2 heterocycles. The average molecular weight is 723 g/mol. The maximum absolute atomic E-state index is 13.2. The van der Waals surface area contributed by atoms with Gasteiger partial charge >= 0.3 is 35.8 Å². The maximum Gasteiger partial charge on any atom is 0.338 e. The molecule has 10 atom stereocenters. The van der Waals surface area contributed by atoms with Crippen molar-refractivity contribution in [2.75, 3.05) is 27.9 Å². The molecule has 0 N–H and O–H groups in total. The Bertz CT molecular complexity index is 1520. The second-order valence-electron chi connectivity index (χ2n) is 12.1. The van der Waals surface area contributed by atoms with Crippen LogP contribution in [-0.2, 0) is 66.6 Å². The normalized spacial score (nSPS) is 29.5. The highest BCUT2D eigenvalue weighted by Gasteiger charge is 2.57. The van der Waals surface area contributed by atoms with Crippen LogP contribution in [0.3, 0.4) is 0 Å². The maximum atomic E-state index is 13.2. The van der Waals surface area contributed by atoms with Crippen LogP contribution in [0.4, 0.5) is 0 Å². The summed E-state index contributed by atoms with van der Waals surface area (Å²) in [4.78, 5) is 74.8. The third-order valence-corrected chi connectivity index (χ3v) is 8.69. The summed E-state index contributed by atoms with van der Waals surface area (Å²) >= 11 is 0. The van der Waals surface area contributed by atoms with Crippen LogP contribution in [0, 0.1) is 17.8 Å². The van der Waals surface area contributed by atoms with Gasteiger partial charge in [0.05, 0.1) is 38.7 Å². The van der Waals surface area contributed by atoms with E-state index >= 15 is 0 Å². The van der Waals surface area contributed by atoms with Gasteiger partial charge in [-0.1, -0.05) is 6.92 Å². The van der Waals surface area contributed by atoms with Crippen LogP contribution in [0.25, 0.3) is 0 Å². The molecule has 1 aromatic carbocycles. The van der Waals surface area contributed by atoms with Crippen LogP contribution >= 0.6 is 0 Å². The van der Waals surface area contributed by atoms with Crippen LogP contribution in [0.2, 0.25) is 0 Å². The molecule has 51 heavy (non-hydrogen) atoms. The molecule has 280 valence electrons. The average Bonchev–Trinajstić information content (AvgIpc) is 3.40. The number of fused-ring (bicyclic) bond motifs is 1. The van der Waals surface area contributed by atoms with E-state index in [9.17, 15) is 28.8 Å². The number of carbonyl (C=O) groups excluding carboxylic acids is 6. The lowest BCUT2D eigenvalue weighted by Crippen LogP contribution is -2.63. The highest BCUT2D eigenvalue weighted by Crippen LogP contribution is 2.49. The number of benzene rings is 1. The Labute approximate surface area is 293 Å². The van der Waals surface area contributed by atoms with Crippen LogP contribution in [0.5, 0.6) is 11.5 Å². The van der Waals surface area contributed by atoms with Crippen LogP contribution in [0.15, 0.2) is 30.0 Å². The van der Waals surface area contributed by atoms with E-state index in [1.807, 2.05) is 0 Å². The molecule has 0 aromatic heterocycles. The Balaban J connectivity index is 1.69. The molecule has 0 radical (unpaired) electrons. The third-order valence-electron chi connectivity index (χ3n) is 8.69. The molecule has 1 saturated heterocycles. The Kier molecular flexibility index (Phi) is 12.9. The molecule has 17 heteroatoms. The minimum atomic E-state index is -1.59. The summed E-state index contributed by atoms with van der Waals surface area (Å²) in [5, 5.41) is 0. The predicted molar refractivity (Wildman–Crippen MR) is 168 cm³/mol. The van der Waals surface area contributed by atoms with Crippen LogP contribution < -0.4 is 9.47 Å². The topological polar surface area (TPSA) is 204 Å². The van der Waals surface area contributed by atoms with Gasteiger partial charge in [0.15, 0.2) is 29.8 Å². The van der Waals surface area contributed by atoms with Gasteiger partial charge in [-0.25, -0.2) is 9.59 Å². The molecule has 1 aromatic rings. The van der Waals surface area contributed by atoms with Crippen molar-refractivity contribution in [1.29, 1.82) is 0 Å². The molecule has 4 rings (SSSR count). The molecule has 0 amide bonds. The van der Waals surface area contributed by atoms with Crippen molar-refractivity contribution in [2.45, 2.75) is 84.1 Å². The van der Waals surface area contributed by atoms with E-state index in [0.29, 0.717) is 5.75 Å². The summed E-state index contributed by atoms with van der Waals surface area (Å²) in [5.74, 6) is -5.44. The molecule has 2 fully saturated rings. The molecule has 1 saturated carbocycles. The largest absolute Gasteiger partial charge is 0.493 e. The number of ether oxygens (including phenoxy) is 11. The minimum absolute atomic E-state index is 0.0852. The van der Waals surface area contributed by atoms with Crippen molar-refractivity contribution in [1.82, 2.24) is 0 Å². The number of hydrogen-bond acceptors (Lipinski definition) is 17. The van der Waals surface area contributed by atoms with Crippen molar-refractivity contribution in [3.63, 3.8) is 0 Å². The fourth-order valence-corrected chi connectivity index (χ4v) is 6.57. The van der Waals surface area contributed by atoms with E-state index in [-0.39, 0.29) is 23.3 Å². The molecule has 0 spiro atoms. The number of hydrogen-bond donors (Lipinski definition) is 0. The number of esters is 6. The van der Waals surface area contributed by atoms with Gasteiger partial charge in [0.1, 0.15) is 18.8 Å². The van der Waals surface area contributed by atoms with Crippen molar-refractivity contribution in [3.05, 3.63) is 35.6 Å². The zero-order chi connectivity index (χ0) is 37.6. The van der Waals surface area contributed by atoms with Crippen molar-refractivity contribution < 1.29 is 80.9 Å². The highest BCUT2D eigenvalue weighted by molar-refractivity contribution is 5.90. The SMILES string of the molecule is COC(=O)C1=CO[C@@H](O[C@@H]2O[C@H](COC(=O)c3ccc(OC)c(OC)c3)[C@@H](OC(C)=O)[C@H](OC(C)=O)[C@H]2OC(C)=O)[C@@H]2[C@@H](C)[C@@H](OC(C)=O)C[C@H]12. The Morgan fingerprint density at radius 1 is 0.745 bits per heavy atom. The third kappa shape index (κ3) is 9.07. The molecular formula is C34H42O17. The lowest BCUT2D eigenvalue weighted by atomic mass is 9.83. The second kappa shape index (κ2) is 16.9. The smallest absolute Gasteiger partial charge is 0.338 e. The first-order valence-corrected chi connectivity index (χ1v) is 16.0. The lowest BCUT2D eigenvalue weighted by Gasteiger charge is -2.46. The van der Waals surface area contributed by atoms with Gasteiger partial charge in [0.25, 0.3) is 0 Å². The first kappa shape index (κ1) is 38.9. The van der Waals surface area contributed by atoms with Crippen molar-refractivity contribution in [3.8, 4) is 11.5 Å². The summed E-state index contributed by atoms with van der Waals surface area (Å²) in [6.07, 6.45) is -7.87. The molecular weight excluding hydrogens is 680 g/mol. The molecule has 17 nitrogen and oxygen atoms in total. The van der Waals surface area contributed by atoms with Gasteiger partial charge in [-0.3, -0.25) is 19.2 Å². The summed E-state index contributed by atoms with van der Waals surface area (Å²) in [5.41, 5.74) is 0.277. The second-order valence-corrected chi connectivity index (χ2v) is 12.1. The zero-order valence-corrected chi connectivity index (χ0v) is 29.4. The molecule has 0 unspecified atom stereocenters. The fourth-order valence-electron chi connectivity index (χ4n) is 6.57. The Morgan fingerprint density at radius 3 is 1.94 bits per heavy atom. The van der Waals surface area contributed by atoms with Gasteiger partial charge in [-0.2, -0.15) is 0 Å². The molecule has 2 aliphatic heterocycles. The van der Waals surface area contributed by atoms with Gasteiger partial charge in [0.2, 0.25) is 12.6 Å². The van der Waals surface area contributed by atoms with Crippen LogP contribution in [-0.4, -0.2) is 107 Å². The zero-order valence-electron chi connectivity index (χ0n) is 29.4. The van der Waals surface area contributed by atoms with Gasteiger partial charge in [-0.15, -0.1) is 0 Å². The first-order chi connectivity index (χ1) is 24.2. The van der Waals surface area contributed by atoms with E-state index in [0.717, 1.165) is 20.8 Å². The van der Waals surface area contributed by atoms with E-state index < -0.39 is 103 Å². The molecule has 0 bridgehead atoms. The van der Waals surface area contributed by atoms with Gasteiger partial charge < -0.3 is 52.1 Å². The van der Waals surface area contributed by atoms with E-state index in [2.05, 4.69) is 0 Å².